The zero-order valence-corrected chi connectivity index (χ0v) is 19.1. The van der Waals surface area contributed by atoms with E-state index in [0.29, 0.717) is 17.6 Å². The molecule has 1 amide bonds. The highest BCUT2D eigenvalue weighted by Gasteiger charge is 2.34. The van der Waals surface area contributed by atoms with Gasteiger partial charge in [0.2, 0.25) is 5.91 Å². The lowest BCUT2D eigenvalue weighted by molar-refractivity contribution is -0.139. The first-order chi connectivity index (χ1) is 16.0. The van der Waals surface area contributed by atoms with Gasteiger partial charge in [-0.25, -0.2) is 9.78 Å². The largest absolute Gasteiger partial charge is 0.334 e. The van der Waals surface area contributed by atoms with Crippen molar-refractivity contribution in [3.8, 4) is 0 Å². The third-order valence-electron chi connectivity index (χ3n) is 7.22. The highest BCUT2D eigenvalue weighted by molar-refractivity contribution is 5.80. The summed E-state index contributed by atoms with van der Waals surface area (Å²) in [4.78, 5) is 46.1. The van der Waals surface area contributed by atoms with Gasteiger partial charge in [0, 0.05) is 19.5 Å². The van der Waals surface area contributed by atoms with Crippen LogP contribution >= 0.6 is 0 Å². The maximum absolute atomic E-state index is 13.3. The standard InChI is InChI=1S/C26H30N4O3/c1-28-25(32)20-14-15-21(22-13-7-8-16-29(22)24(31)19-11-5-6-12-19)27-23(20)30(26(28)33)17-18-9-3-2-4-10-18/h2-4,9-10,14-15,19,22H,5-8,11-13,16-17H2,1H3/t22-/m1/s1. The topological polar surface area (TPSA) is 77.2 Å². The summed E-state index contributed by atoms with van der Waals surface area (Å²) >= 11 is 0. The molecule has 1 aliphatic heterocycles. The van der Waals surface area contributed by atoms with Gasteiger partial charge < -0.3 is 4.90 Å². The van der Waals surface area contributed by atoms with Crippen LogP contribution in [0.4, 0.5) is 0 Å². The van der Waals surface area contributed by atoms with Crippen molar-refractivity contribution >= 4 is 16.9 Å². The highest BCUT2D eigenvalue weighted by atomic mass is 16.2. The van der Waals surface area contributed by atoms with Crippen LogP contribution in [0.15, 0.2) is 52.1 Å². The smallest absolute Gasteiger partial charge is 0.332 e. The Bertz CT molecular complexity index is 1290. The summed E-state index contributed by atoms with van der Waals surface area (Å²) in [6, 6.07) is 13.2. The molecule has 7 nitrogen and oxygen atoms in total. The Balaban J connectivity index is 1.59. The number of aromatic nitrogens is 3. The third-order valence-corrected chi connectivity index (χ3v) is 7.22. The van der Waals surface area contributed by atoms with Crippen LogP contribution in [-0.2, 0) is 18.4 Å². The minimum absolute atomic E-state index is 0.111. The van der Waals surface area contributed by atoms with E-state index in [1.807, 2.05) is 41.3 Å². The number of piperidine rings is 1. The predicted octanol–water partition coefficient (Wildman–Crippen LogP) is 3.39. The number of nitrogens with zero attached hydrogens (tertiary/aromatic N) is 4. The molecule has 1 aliphatic carbocycles. The van der Waals surface area contributed by atoms with Crippen molar-refractivity contribution in [3.05, 3.63) is 74.6 Å². The van der Waals surface area contributed by atoms with Gasteiger partial charge in [0.25, 0.3) is 5.56 Å². The fourth-order valence-corrected chi connectivity index (χ4v) is 5.38. The second-order valence-corrected chi connectivity index (χ2v) is 9.35. The van der Waals surface area contributed by atoms with Crippen LogP contribution in [0.1, 0.15) is 62.2 Å². The lowest BCUT2D eigenvalue weighted by atomic mass is 9.95. The van der Waals surface area contributed by atoms with E-state index in [1.165, 1.54) is 7.05 Å². The number of likely N-dealkylation sites (tertiary alicyclic amines) is 1. The maximum Gasteiger partial charge on any atom is 0.332 e. The Morgan fingerprint density at radius 2 is 1.70 bits per heavy atom. The summed E-state index contributed by atoms with van der Waals surface area (Å²) in [7, 11) is 1.50. The molecule has 0 N–H and O–H groups in total. The molecule has 1 aromatic carbocycles. The van der Waals surface area contributed by atoms with Crippen LogP contribution in [0.5, 0.6) is 0 Å². The number of pyridine rings is 1. The van der Waals surface area contributed by atoms with Crippen molar-refractivity contribution in [2.24, 2.45) is 13.0 Å². The number of amides is 1. The second-order valence-electron chi connectivity index (χ2n) is 9.35. The van der Waals surface area contributed by atoms with E-state index in [1.54, 1.807) is 10.6 Å². The molecular weight excluding hydrogens is 416 g/mol. The van der Waals surface area contributed by atoms with E-state index in [9.17, 15) is 14.4 Å². The minimum Gasteiger partial charge on any atom is -0.334 e. The first-order valence-electron chi connectivity index (χ1n) is 12.0. The lowest BCUT2D eigenvalue weighted by Crippen LogP contribution is -2.42. The summed E-state index contributed by atoms with van der Waals surface area (Å²) in [5.41, 5.74) is 1.39. The van der Waals surface area contributed by atoms with Gasteiger partial charge in [-0.1, -0.05) is 43.2 Å². The van der Waals surface area contributed by atoms with E-state index in [0.717, 1.165) is 67.3 Å². The summed E-state index contributed by atoms with van der Waals surface area (Å²) in [6.45, 7) is 1.07. The van der Waals surface area contributed by atoms with Crippen molar-refractivity contribution in [3.63, 3.8) is 0 Å². The number of benzene rings is 1. The first-order valence-corrected chi connectivity index (χ1v) is 12.0. The molecular formula is C26H30N4O3. The summed E-state index contributed by atoms with van der Waals surface area (Å²) in [6.07, 6.45) is 7.08. The average Bonchev–Trinajstić information content (AvgIpc) is 3.40. The molecule has 5 rings (SSSR count). The van der Waals surface area contributed by atoms with Crippen LogP contribution in [0.25, 0.3) is 11.0 Å². The molecule has 172 valence electrons. The number of rotatable bonds is 4. The van der Waals surface area contributed by atoms with E-state index < -0.39 is 0 Å². The third kappa shape index (κ3) is 4.01. The predicted molar refractivity (Wildman–Crippen MR) is 127 cm³/mol. The summed E-state index contributed by atoms with van der Waals surface area (Å²) in [5.74, 6) is 0.361. The van der Waals surface area contributed by atoms with Crippen molar-refractivity contribution < 1.29 is 4.79 Å². The molecule has 1 atom stereocenters. The molecule has 2 fully saturated rings. The lowest BCUT2D eigenvalue weighted by Gasteiger charge is -2.37. The molecule has 7 heteroatoms. The fraction of sp³-hybridized carbons (Fsp3) is 0.462. The maximum atomic E-state index is 13.3. The zero-order valence-electron chi connectivity index (χ0n) is 19.1. The normalized spacial score (nSPS) is 19.3. The Morgan fingerprint density at radius 1 is 0.970 bits per heavy atom. The minimum atomic E-state index is -0.386. The van der Waals surface area contributed by atoms with Gasteiger partial charge in [0.1, 0.15) is 5.65 Å². The molecule has 3 heterocycles. The van der Waals surface area contributed by atoms with Crippen molar-refractivity contribution in [1.29, 1.82) is 0 Å². The van der Waals surface area contributed by atoms with E-state index >= 15 is 0 Å². The molecule has 1 saturated heterocycles. The summed E-state index contributed by atoms with van der Waals surface area (Å²) < 4.78 is 2.71. The second kappa shape index (κ2) is 8.96. The van der Waals surface area contributed by atoms with Gasteiger partial charge >= 0.3 is 5.69 Å². The summed E-state index contributed by atoms with van der Waals surface area (Å²) in [5, 5.41) is 0.418. The van der Waals surface area contributed by atoms with Gasteiger partial charge in [0.15, 0.2) is 0 Å². The van der Waals surface area contributed by atoms with Crippen LogP contribution in [0.3, 0.4) is 0 Å². The molecule has 33 heavy (non-hydrogen) atoms. The molecule has 0 unspecified atom stereocenters. The number of carbonyl (C=O) groups is 1. The van der Waals surface area contributed by atoms with Gasteiger partial charge in [-0.05, 0) is 49.8 Å². The van der Waals surface area contributed by atoms with Gasteiger partial charge in [-0.3, -0.25) is 18.7 Å². The molecule has 0 bridgehead atoms. The monoisotopic (exact) mass is 446 g/mol. The van der Waals surface area contributed by atoms with Crippen molar-refractivity contribution in [1.82, 2.24) is 19.0 Å². The van der Waals surface area contributed by atoms with Crippen LogP contribution in [-0.4, -0.2) is 31.5 Å². The molecule has 0 radical (unpaired) electrons. The molecule has 1 saturated carbocycles. The Labute approximate surface area is 192 Å². The SMILES string of the molecule is Cn1c(=O)c2ccc([C@H]3CCCCN3C(=O)C3CCCC3)nc2n(Cc2ccccc2)c1=O. The van der Waals surface area contributed by atoms with Crippen LogP contribution in [0, 0.1) is 5.92 Å². The van der Waals surface area contributed by atoms with E-state index in [-0.39, 0.29) is 29.1 Å². The van der Waals surface area contributed by atoms with Crippen LogP contribution < -0.4 is 11.2 Å². The van der Waals surface area contributed by atoms with E-state index in [4.69, 9.17) is 4.98 Å². The van der Waals surface area contributed by atoms with Gasteiger partial charge in [0.05, 0.1) is 23.7 Å². The zero-order chi connectivity index (χ0) is 22.9. The Hall–Kier alpha value is -3.22. The van der Waals surface area contributed by atoms with Crippen molar-refractivity contribution in [2.75, 3.05) is 6.54 Å². The Kier molecular flexibility index (Phi) is 5.87. The number of hydrogen-bond donors (Lipinski definition) is 0. The fourth-order valence-electron chi connectivity index (χ4n) is 5.38. The number of fused-ring (bicyclic) bond motifs is 1. The number of carbonyl (C=O) groups excluding carboxylic acids is 1. The van der Waals surface area contributed by atoms with E-state index in [2.05, 4.69) is 0 Å². The van der Waals surface area contributed by atoms with Gasteiger partial charge in [-0.15, -0.1) is 0 Å². The Morgan fingerprint density at radius 3 is 2.45 bits per heavy atom. The molecule has 0 spiro atoms. The number of hydrogen-bond acceptors (Lipinski definition) is 4. The molecule has 2 aliphatic rings. The van der Waals surface area contributed by atoms with Gasteiger partial charge in [-0.2, -0.15) is 0 Å². The average molecular weight is 447 g/mol. The molecule has 3 aromatic rings. The van der Waals surface area contributed by atoms with Crippen molar-refractivity contribution in [2.45, 2.75) is 57.5 Å². The van der Waals surface area contributed by atoms with Crippen LogP contribution in [0.2, 0.25) is 0 Å². The molecule has 2 aromatic heterocycles. The first kappa shape index (κ1) is 21.6. The highest BCUT2D eigenvalue weighted by Crippen LogP contribution is 2.35. The quantitative estimate of drug-likeness (QED) is 0.616.